The summed E-state index contributed by atoms with van der Waals surface area (Å²) >= 11 is 0. The summed E-state index contributed by atoms with van der Waals surface area (Å²) in [5.74, 6) is 0.742. The van der Waals surface area contributed by atoms with Crippen molar-refractivity contribution in [3.8, 4) is 5.75 Å². The molecule has 1 aliphatic heterocycles. The van der Waals surface area contributed by atoms with E-state index in [1.807, 2.05) is 25.1 Å². The van der Waals surface area contributed by atoms with Gasteiger partial charge in [0.15, 0.2) is 6.61 Å². The highest BCUT2D eigenvalue weighted by Crippen LogP contribution is 2.32. The van der Waals surface area contributed by atoms with E-state index in [1.54, 1.807) is 4.90 Å². The van der Waals surface area contributed by atoms with E-state index in [0.717, 1.165) is 55.9 Å². The van der Waals surface area contributed by atoms with Gasteiger partial charge in [-0.05, 0) is 69.9 Å². The Labute approximate surface area is 169 Å². The first-order valence-electron chi connectivity index (χ1n) is 10.6. The molecule has 1 aromatic carbocycles. The number of aryl methyl sites for hydroxylation is 1. The number of fused-ring (bicyclic) bond motifs is 1. The van der Waals surface area contributed by atoms with Crippen molar-refractivity contribution in [2.75, 3.05) is 44.2 Å². The van der Waals surface area contributed by atoms with Crippen LogP contribution in [0.25, 0.3) is 0 Å². The van der Waals surface area contributed by atoms with E-state index in [-0.39, 0.29) is 18.4 Å². The molecule has 6 heteroatoms. The van der Waals surface area contributed by atoms with Gasteiger partial charge < -0.3 is 19.9 Å². The molecule has 0 aromatic heterocycles. The van der Waals surface area contributed by atoms with Crippen molar-refractivity contribution < 1.29 is 14.3 Å². The van der Waals surface area contributed by atoms with Crippen molar-refractivity contribution in [1.82, 2.24) is 10.2 Å². The molecule has 2 amide bonds. The summed E-state index contributed by atoms with van der Waals surface area (Å²) in [5.41, 5.74) is 1.89. The minimum absolute atomic E-state index is 0.0505. The molecule has 0 bridgehead atoms. The predicted molar refractivity (Wildman–Crippen MR) is 113 cm³/mol. The molecule has 1 heterocycles. The SMILES string of the molecule is CCCN(CCC)CCCNC(=O)CCCN1C(=O)COc2ccc(C)cc21. The number of carbonyl (C=O) groups is 2. The second kappa shape index (κ2) is 11.7. The molecule has 156 valence electrons. The second-order valence-electron chi connectivity index (χ2n) is 7.45. The summed E-state index contributed by atoms with van der Waals surface area (Å²) < 4.78 is 5.49. The first-order valence-corrected chi connectivity index (χ1v) is 10.6. The molecule has 28 heavy (non-hydrogen) atoms. The van der Waals surface area contributed by atoms with Crippen LogP contribution in [0.4, 0.5) is 5.69 Å². The largest absolute Gasteiger partial charge is 0.482 e. The maximum atomic E-state index is 12.2. The van der Waals surface area contributed by atoms with Crippen molar-refractivity contribution in [1.29, 1.82) is 0 Å². The Balaban J connectivity index is 1.70. The Morgan fingerprint density at radius 1 is 1.18 bits per heavy atom. The molecule has 0 fully saturated rings. The molecule has 0 saturated heterocycles. The molecule has 0 atom stereocenters. The normalized spacial score (nSPS) is 13.4. The van der Waals surface area contributed by atoms with Crippen molar-refractivity contribution in [3.05, 3.63) is 23.8 Å². The fraction of sp³-hybridized carbons (Fsp3) is 0.636. The Hall–Kier alpha value is -2.08. The molecule has 1 aromatic rings. The zero-order chi connectivity index (χ0) is 20.4. The maximum Gasteiger partial charge on any atom is 0.265 e. The van der Waals surface area contributed by atoms with Crippen LogP contribution in [-0.4, -0.2) is 56.0 Å². The van der Waals surface area contributed by atoms with Crippen LogP contribution in [0.5, 0.6) is 5.75 Å². The van der Waals surface area contributed by atoms with Crippen LogP contribution in [-0.2, 0) is 9.59 Å². The lowest BCUT2D eigenvalue weighted by Crippen LogP contribution is -2.40. The monoisotopic (exact) mass is 389 g/mol. The summed E-state index contributed by atoms with van der Waals surface area (Å²) in [6.07, 6.45) is 4.37. The molecule has 0 radical (unpaired) electrons. The number of hydrogen-bond acceptors (Lipinski definition) is 4. The maximum absolute atomic E-state index is 12.2. The molecule has 6 nitrogen and oxygen atoms in total. The topological polar surface area (TPSA) is 61.9 Å². The molecule has 2 rings (SSSR count). The lowest BCUT2D eigenvalue weighted by Gasteiger charge is -2.29. The summed E-state index contributed by atoms with van der Waals surface area (Å²) in [6, 6.07) is 5.84. The quantitative estimate of drug-likeness (QED) is 0.558. The molecule has 1 N–H and O–H groups in total. The first-order chi connectivity index (χ1) is 13.5. The summed E-state index contributed by atoms with van der Waals surface area (Å²) in [7, 11) is 0. The molecule has 0 spiro atoms. The number of amides is 2. The van der Waals surface area contributed by atoms with Gasteiger partial charge in [0.25, 0.3) is 5.91 Å². The molecule has 0 saturated carbocycles. The highest BCUT2D eigenvalue weighted by molar-refractivity contribution is 5.97. The lowest BCUT2D eigenvalue weighted by molar-refractivity contribution is -0.122. The van der Waals surface area contributed by atoms with Crippen LogP contribution < -0.4 is 15.0 Å². The Morgan fingerprint density at radius 3 is 2.64 bits per heavy atom. The van der Waals surface area contributed by atoms with Crippen LogP contribution in [0.1, 0.15) is 51.5 Å². The molecule has 1 aliphatic rings. The van der Waals surface area contributed by atoms with E-state index in [0.29, 0.717) is 25.9 Å². The summed E-state index contributed by atoms with van der Waals surface area (Å²) in [5, 5.41) is 3.01. The van der Waals surface area contributed by atoms with Gasteiger partial charge in [0, 0.05) is 19.5 Å². The standard InChI is InChI=1S/C22H35N3O3/c1-4-12-24(13-5-2)14-7-11-23-21(26)8-6-15-25-19-16-18(3)9-10-20(19)28-17-22(25)27/h9-10,16H,4-8,11-15,17H2,1-3H3,(H,23,26). The van der Waals surface area contributed by atoms with Crippen molar-refractivity contribution >= 4 is 17.5 Å². The number of anilines is 1. The Bertz CT molecular complexity index is 642. The van der Waals surface area contributed by atoms with Gasteiger partial charge >= 0.3 is 0 Å². The third-order valence-corrected chi connectivity index (χ3v) is 4.90. The summed E-state index contributed by atoms with van der Waals surface area (Å²) in [6.45, 7) is 11.0. The Morgan fingerprint density at radius 2 is 1.93 bits per heavy atom. The van der Waals surface area contributed by atoms with Gasteiger partial charge in [-0.2, -0.15) is 0 Å². The number of carbonyl (C=O) groups excluding carboxylic acids is 2. The molecular formula is C22H35N3O3. The number of hydrogen-bond donors (Lipinski definition) is 1. The summed E-state index contributed by atoms with van der Waals surface area (Å²) in [4.78, 5) is 28.5. The van der Waals surface area contributed by atoms with E-state index in [1.165, 1.54) is 0 Å². The highest BCUT2D eigenvalue weighted by atomic mass is 16.5. The minimum atomic E-state index is -0.0505. The number of benzene rings is 1. The van der Waals surface area contributed by atoms with Gasteiger partial charge in [-0.1, -0.05) is 19.9 Å². The number of nitrogens with one attached hydrogen (secondary N) is 1. The smallest absolute Gasteiger partial charge is 0.265 e. The number of rotatable bonds is 12. The van der Waals surface area contributed by atoms with E-state index >= 15 is 0 Å². The van der Waals surface area contributed by atoms with Crippen LogP contribution >= 0.6 is 0 Å². The van der Waals surface area contributed by atoms with Crippen molar-refractivity contribution in [2.24, 2.45) is 0 Å². The zero-order valence-corrected chi connectivity index (χ0v) is 17.6. The highest BCUT2D eigenvalue weighted by Gasteiger charge is 2.25. The zero-order valence-electron chi connectivity index (χ0n) is 17.6. The minimum Gasteiger partial charge on any atom is -0.482 e. The average molecular weight is 390 g/mol. The fourth-order valence-corrected chi connectivity index (χ4v) is 3.54. The van der Waals surface area contributed by atoms with Crippen LogP contribution in [0.3, 0.4) is 0 Å². The number of ether oxygens (including phenoxy) is 1. The van der Waals surface area contributed by atoms with E-state index < -0.39 is 0 Å². The van der Waals surface area contributed by atoms with Gasteiger partial charge in [0.1, 0.15) is 5.75 Å². The first kappa shape index (κ1) is 22.2. The van der Waals surface area contributed by atoms with Gasteiger partial charge in [-0.3, -0.25) is 9.59 Å². The van der Waals surface area contributed by atoms with Gasteiger partial charge in [-0.25, -0.2) is 0 Å². The molecular weight excluding hydrogens is 354 g/mol. The van der Waals surface area contributed by atoms with Gasteiger partial charge in [0.2, 0.25) is 5.91 Å². The lowest BCUT2D eigenvalue weighted by atomic mass is 10.1. The van der Waals surface area contributed by atoms with Crippen LogP contribution in [0, 0.1) is 6.92 Å². The predicted octanol–water partition coefficient (Wildman–Crippen LogP) is 3.13. The molecule has 0 aliphatic carbocycles. The van der Waals surface area contributed by atoms with Crippen molar-refractivity contribution in [2.45, 2.75) is 52.9 Å². The van der Waals surface area contributed by atoms with E-state index in [2.05, 4.69) is 24.1 Å². The average Bonchev–Trinajstić information content (AvgIpc) is 2.67. The Kier molecular flexibility index (Phi) is 9.28. The van der Waals surface area contributed by atoms with E-state index in [9.17, 15) is 9.59 Å². The van der Waals surface area contributed by atoms with Gasteiger partial charge in [0.05, 0.1) is 5.69 Å². The number of nitrogens with zero attached hydrogens (tertiary/aromatic N) is 2. The van der Waals surface area contributed by atoms with Crippen LogP contribution in [0.2, 0.25) is 0 Å². The third kappa shape index (κ3) is 6.82. The second-order valence-corrected chi connectivity index (χ2v) is 7.45. The van der Waals surface area contributed by atoms with Crippen LogP contribution in [0.15, 0.2) is 18.2 Å². The third-order valence-electron chi connectivity index (χ3n) is 4.90. The fourth-order valence-electron chi connectivity index (χ4n) is 3.54. The van der Waals surface area contributed by atoms with Crippen molar-refractivity contribution in [3.63, 3.8) is 0 Å². The molecule has 0 unspecified atom stereocenters. The van der Waals surface area contributed by atoms with E-state index in [4.69, 9.17) is 4.74 Å². The van der Waals surface area contributed by atoms with Gasteiger partial charge in [-0.15, -0.1) is 0 Å².